The van der Waals surface area contributed by atoms with Gasteiger partial charge in [0.05, 0.1) is 24.5 Å². The monoisotopic (exact) mass is 250 g/mol. The van der Waals surface area contributed by atoms with Gasteiger partial charge in [-0.05, 0) is 33.3 Å². The number of nitrogens with zero attached hydrogens (tertiary/aromatic N) is 1. The first kappa shape index (κ1) is 14.5. The van der Waals surface area contributed by atoms with Crippen molar-refractivity contribution in [3.63, 3.8) is 0 Å². The highest BCUT2D eigenvalue weighted by Crippen LogP contribution is 2.28. The molecular formula is C14H22N2O2. The maximum absolute atomic E-state index is 11.6. The first-order valence-electron chi connectivity index (χ1n) is 6.28. The summed E-state index contributed by atoms with van der Waals surface area (Å²) in [7, 11) is 1.62. The van der Waals surface area contributed by atoms with Crippen LogP contribution in [0, 0.1) is 13.8 Å². The van der Waals surface area contributed by atoms with Crippen LogP contribution in [0.1, 0.15) is 38.1 Å². The summed E-state index contributed by atoms with van der Waals surface area (Å²) in [5.74, 6) is 0.856. The predicted molar refractivity (Wildman–Crippen MR) is 73.3 cm³/mol. The second kappa shape index (κ2) is 6.38. The van der Waals surface area contributed by atoms with E-state index in [1.54, 1.807) is 14.0 Å². The Kier molecular flexibility index (Phi) is 5.13. The molecule has 0 aliphatic heterocycles. The summed E-state index contributed by atoms with van der Waals surface area (Å²) in [6.45, 7) is 7.51. The van der Waals surface area contributed by atoms with Gasteiger partial charge in [-0.25, -0.2) is 0 Å². The van der Waals surface area contributed by atoms with Crippen LogP contribution in [0.5, 0.6) is 5.75 Å². The van der Waals surface area contributed by atoms with Gasteiger partial charge in [0.15, 0.2) is 11.5 Å². The molecule has 0 saturated carbocycles. The molecule has 0 fully saturated rings. The van der Waals surface area contributed by atoms with Crippen molar-refractivity contribution in [2.45, 2.75) is 46.6 Å². The van der Waals surface area contributed by atoms with Gasteiger partial charge in [-0.2, -0.15) is 0 Å². The Morgan fingerprint density at radius 3 is 2.67 bits per heavy atom. The van der Waals surface area contributed by atoms with E-state index in [9.17, 15) is 4.79 Å². The van der Waals surface area contributed by atoms with Gasteiger partial charge < -0.3 is 10.1 Å². The third-order valence-corrected chi connectivity index (χ3v) is 2.87. The smallest absolute Gasteiger partial charge is 0.163 e. The molecule has 0 amide bonds. The molecule has 4 nitrogen and oxygen atoms in total. The number of methoxy groups -OCH3 is 1. The van der Waals surface area contributed by atoms with E-state index in [0.29, 0.717) is 5.75 Å². The van der Waals surface area contributed by atoms with Crippen LogP contribution in [0.4, 0.5) is 5.69 Å². The molecule has 0 aliphatic rings. The van der Waals surface area contributed by atoms with Crippen molar-refractivity contribution in [2.24, 2.45) is 0 Å². The van der Waals surface area contributed by atoms with Crippen LogP contribution in [0.25, 0.3) is 0 Å². The molecule has 0 spiro atoms. The Morgan fingerprint density at radius 2 is 2.17 bits per heavy atom. The van der Waals surface area contributed by atoms with Crippen molar-refractivity contribution in [3.05, 3.63) is 17.5 Å². The number of carbonyl (C=O) groups excluding carboxylic acids is 1. The van der Waals surface area contributed by atoms with Crippen LogP contribution < -0.4 is 10.1 Å². The molecule has 0 aliphatic carbocycles. The van der Waals surface area contributed by atoms with Gasteiger partial charge in [-0.3, -0.25) is 9.78 Å². The Morgan fingerprint density at radius 1 is 1.50 bits per heavy atom. The SMILES string of the molecule is CCCC(Nc1cc(C)nc(C)c1OC)C(C)=O. The van der Waals surface area contributed by atoms with E-state index in [1.807, 2.05) is 19.9 Å². The standard InChI is InChI=1S/C14H22N2O2/c1-6-7-12(11(4)17)16-13-8-9(2)15-10(3)14(13)18-5/h8,12H,6-7H2,1-5H3,(H,15,16). The third-order valence-electron chi connectivity index (χ3n) is 2.87. The molecule has 4 heteroatoms. The van der Waals surface area contributed by atoms with Gasteiger partial charge in [0, 0.05) is 5.69 Å². The predicted octanol–water partition coefficient (Wildman–Crippen LogP) is 2.88. The summed E-state index contributed by atoms with van der Waals surface area (Å²) in [5.41, 5.74) is 2.59. The van der Waals surface area contributed by atoms with Crippen molar-refractivity contribution in [2.75, 3.05) is 12.4 Å². The summed E-state index contributed by atoms with van der Waals surface area (Å²) < 4.78 is 5.35. The molecular weight excluding hydrogens is 228 g/mol. The maximum Gasteiger partial charge on any atom is 0.163 e. The highest BCUT2D eigenvalue weighted by Gasteiger charge is 2.16. The van der Waals surface area contributed by atoms with Crippen molar-refractivity contribution < 1.29 is 9.53 Å². The first-order chi connectivity index (χ1) is 8.49. The number of hydrogen-bond donors (Lipinski definition) is 1. The maximum atomic E-state index is 11.6. The number of aromatic nitrogens is 1. The minimum absolute atomic E-state index is 0.144. The van der Waals surface area contributed by atoms with Crippen LogP contribution in [0.3, 0.4) is 0 Å². The van der Waals surface area contributed by atoms with Crippen molar-refractivity contribution in [1.29, 1.82) is 0 Å². The van der Waals surface area contributed by atoms with E-state index in [4.69, 9.17) is 4.74 Å². The topological polar surface area (TPSA) is 51.2 Å². The molecule has 0 radical (unpaired) electrons. The lowest BCUT2D eigenvalue weighted by Gasteiger charge is -2.19. The van der Waals surface area contributed by atoms with Crippen molar-refractivity contribution >= 4 is 11.5 Å². The minimum atomic E-state index is -0.162. The average Bonchev–Trinajstić information content (AvgIpc) is 2.27. The van der Waals surface area contributed by atoms with E-state index in [1.165, 1.54) is 0 Å². The Balaban J connectivity index is 3.04. The molecule has 0 bridgehead atoms. The zero-order valence-electron chi connectivity index (χ0n) is 11.8. The number of Topliss-reactive ketones (excluding diaryl/α,β-unsaturated/α-hetero) is 1. The Hall–Kier alpha value is -1.58. The van der Waals surface area contributed by atoms with E-state index >= 15 is 0 Å². The second-order valence-corrected chi connectivity index (χ2v) is 4.53. The average molecular weight is 250 g/mol. The molecule has 1 aromatic rings. The summed E-state index contributed by atoms with van der Waals surface area (Å²) in [6, 6.07) is 1.75. The third kappa shape index (κ3) is 3.45. The van der Waals surface area contributed by atoms with E-state index in [2.05, 4.69) is 17.2 Å². The van der Waals surface area contributed by atoms with Gasteiger partial charge >= 0.3 is 0 Å². The van der Waals surface area contributed by atoms with E-state index in [-0.39, 0.29) is 11.8 Å². The number of carbonyl (C=O) groups is 1. The van der Waals surface area contributed by atoms with Gasteiger partial charge in [-0.1, -0.05) is 13.3 Å². The molecule has 1 rings (SSSR count). The lowest BCUT2D eigenvalue weighted by Crippen LogP contribution is -2.27. The highest BCUT2D eigenvalue weighted by atomic mass is 16.5. The number of hydrogen-bond acceptors (Lipinski definition) is 4. The Labute approximate surface area is 109 Å². The zero-order chi connectivity index (χ0) is 13.7. The number of aryl methyl sites for hydroxylation is 2. The van der Waals surface area contributed by atoms with Gasteiger partial charge in [0.1, 0.15) is 0 Å². The Bertz CT molecular complexity index is 430. The fraction of sp³-hybridized carbons (Fsp3) is 0.571. The van der Waals surface area contributed by atoms with E-state index in [0.717, 1.165) is 29.9 Å². The molecule has 1 N–H and O–H groups in total. The van der Waals surface area contributed by atoms with Gasteiger partial charge in [-0.15, -0.1) is 0 Å². The number of rotatable bonds is 6. The molecule has 1 atom stereocenters. The lowest BCUT2D eigenvalue weighted by atomic mass is 10.1. The molecule has 1 aromatic heterocycles. The highest BCUT2D eigenvalue weighted by molar-refractivity contribution is 5.85. The zero-order valence-corrected chi connectivity index (χ0v) is 11.8. The minimum Gasteiger partial charge on any atom is -0.493 e. The molecule has 1 unspecified atom stereocenters. The first-order valence-corrected chi connectivity index (χ1v) is 6.28. The lowest BCUT2D eigenvalue weighted by molar-refractivity contribution is -0.117. The molecule has 1 heterocycles. The number of anilines is 1. The molecule has 0 saturated heterocycles. The van der Waals surface area contributed by atoms with Crippen molar-refractivity contribution in [3.8, 4) is 5.75 Å². The van der Waals surface area contributed by atoms with Crippen LogP contribution in [-0.4, -0.2) is 23.9 Å². The summed E-state index contributed by atoms with van der Waals surface area (Å²) in [6.07, 6.45) is 1.78. The summed E-state index contributed by atoms with van der Waals surface area (Å²) >= 11 is 0. The molecule has 18 heavy (non-hydrogen) atoms. The van der Waals surface area contributed by atoms with Crippen LogP contribution in [-0.2, 0) is 4.79 Å². The molecule has 100 valence electrons. The van der Waals surface area contributed by atoms with E-state index < -0.39 is 0 Å². The summed E-state index contributed by atoms with van der Waals surface area (Å²) in [5, 5.41) is 3.27. The van der Waals surface area contributed by atoms with Crippen molar-refractivity contribution in [1.82, 2.24) is 4.98 Å². The quantitative estimate of drug-likeness (QED) is 0.843. The number of ether oxygens (including phenoxy) is 1. The number of nitrogens with one attached hydrogen (secondary N) is 1. The second-order valence-electron chi connectivity index (χ2n) is 4.53. The number of pyridine rings is 1. The van der Waals surface area contributed by atoms with Crippen LogP contribution >= 0.6 is 0 Å². The normalized spacial score (nSPS) is 12.1. The van der Waals surface area contributed by atoms with Crippen LogP contribution in [0.2, 0.25) is 0 Å². The largest absolute Gasteiger partial charge is 0.493 e. The van der Waals surface area contributed by atoms with Crippen LogP contribution in [0.15, 0.2) is 6.07 Å². The van der Waals surface area contributed by atoms with Gasteiger partial charge in [0.2, 0.25) is 0 Å². The van der Waals surface area contributed by atoms with Gasteiger partial charge in [0.25, 0.3) is 0 Å². The fourth-order valence-corrected chi connectivity index (χ4v) is 2.04. The fourth-order valence-electron chi connectivity index (χ4n) is 2.04. The molecule has 0 aromatic carbocycles. The number of ketones is 1. The summed E-state index contributed by atoms with van der Waals surface area (Å²) in [4.78, 5) is 15.9.